The number of hydrogen-bond acceptors (Lipinski definition) is 5. The molecular weight excluding hydrogens is 270 g/mol. The maximum atomic E-state index is 12.1. The molecule has 1 saturated heterocycles. The van der Waals surface area contributed by atoms with Crippen molar-refractivity contribution in [1.82, 2.24) is 19.7 Å². The van der Waals surface area contributed by atoms with E-state index in [0.29, 0.717) is 37.8 Å². The second kappa shape index (κ2) is 5.92. The van der Waals surface area contributed by atoms with Crippen molar-refractivity contribution >= 4 is 11.6 Å². The molecule has 2 N–H and O–H groups in total. The number of carbonyl (C=O) groups excluding carboxylic acids is 1. The monoisotopic (exact) mass is 287 g/mol. The lowest BCUT2D eigenvalue weighted by Gasteiger charge is -2.26. The fourth-order valence-electron chi connectivity index (χ4n) is 2.19. The number of morpholine rings is 1. The van der Waals surface area contributed by atoms with Crippen LogP contribution in [0, 0.1) is 0 Å². The van der Waals surface area contributed by atoms with Crippen LogP contribution >= 0.6 is 0 Å². The maximum absolute atomic E-state index is 12.1. The molecule has 7 nitrogen and oxygen atoms in total. The van der Waals surface area contributed by atoms with Gasteiger partial charge in [0.1, 0.15) is 12.9 Å². The van der Waals surface area contributed by atoms with Crippen molar-refractivity contribution in [2.45, 2.75) is 6.54 Å². The zero-order chi connectivity index (χ0) is 14.7. The summed E-state index contributed by atoms with van der Waals surface area (Å²) in [4.78, 5) is 18.1. The molecule has 1 aliphatic rings. The van der Waals surface area contributed by atoms with Crippen LogP contribution in [-0.2, 0) is 16.1 Å². The molecule has 1 aromatic heterocycles. The van der Waals surface area contributed by atoms with Gasteiger partial charge in [0, 0.05) is 24.3 Å². The molecule has 110 valence electrons. The first kappa shape index (κ1) is 13.6. The van der Waals surface area contributed by atoms with Gasteiger partial charge < -0.3 is 15.4 Å². The Morgan fingerprint density at radius 2 is 1.95 bits per heavy atom. The lowest BCUT2D eigenvalue weighted by atomic mass is 10.2. The van der Waals surface area contributed by atoms with Crippen LogP contribution in [0.25, 0.3) is 11.4 Å². The minimum atomic E-state index is 0.0343. The van der Waals surface area contributed by atoms with E-state index in [1.165, 1.54) is 0 Å². The first-order chi connectivity index (χ1) is 10.2. The van der Waals surface area contributed by atoms with Crippen LogP contribution in [0.15, 0.2) is 30.6 Å². The average molecular weight is 287 g/mol. The van der Waals surface area contributed by atoms with Gasteiger partial charge in [-0.3, -0.25) is 4.79 Å². The lowest BCUT2D eigenvalue weighted by molar-refractivity contribution is -0.136. The normalized spacial score (nSPS) is 15.1. The van der Waals surface area contributed by atoms with Crippen LogP contribution in [0.5, 0.6) is 0 Å². The van der Waals surface area contributed by atoms with E-state index in [9.17, 15) is 4.79 Å². The van der Waals surface area contributed by atoms with E-state index in [1.54, 1.807) is 28.0 Å². The van der Waals surface area contributed by atoms with Crippen LogP contribution < -0.4 is 5.73 Å². The fourth-order valence-corrected chi connectivity index (χ4v) is 2.19. The summed E-state index contributed by atoms with van der Waals surface area (Å²) in [5, 5.41) is 4.33. The van der Waals surface area contributed by atoms with Gasteiger partial charge in [0.05, 0.1) is 13.2 Å². The van der Waals surface area contributed by atoms with Gasteiger partial charge in [-0.05, 0) is 24.3 Å². The highest BCUT2D eigenvalue weighted by Gasteiger charge is 2.17. The van der Waals surface area contributed by atoms with Crippen LogP contribution in [0.3, 0.4) is 0 Å². The number of nitrogen functional groups attached to an aromatic ring is 1. The quantitative estimate of drug-likeness (QED) is 0.825. The molecule has 1 aliphatic heterocycles. The number of aromatic nitrogens is 3. The topological polar surface area (TPSA) is 86.3 Å². The van der Waals surface area contributed by atoms with Crippen molar-refractivity contribution in [2.75, 3.05) is 32.0 Å². The molecule has 2 heterocycles. The third kappa shape index (κ3) is 3.19. The van der Waals surface area contributed by atoms with Crippen molar-refractivity contribution in [3.8, 4) is 11.4 Å². The zero-order valence-electron chi connectivity index (χ0n) is 11.6. The van der Waals surface area contributed by atoms with Gasteiger partial charge in [-0.25, -0.2) is 9.67 Å². The Morgan fingerprint density at radius 1 is 1.24 bits per heavy atom. The zero-order valence-corrected chi connectivity index (χ0v) is 11.6. The van der Waals surface area contributed by atoms with E-state index in [1.807, 2.05) is 12.1 Å². The molecule has 0 unspecified atom stereocenters. The number of amides is 1. The molecule has 2 aromatic rings. The van der Waals surface area contributed by atoms with E-state index >= 15 is 0 Å². The summed E-state index contributed by atoms with van der Waals surface area (Å²) in [6.45, 7) is 2.66. The second-order valence-electron chi connectivity index (χ2n) is 4.88. The molecule has 1 fully saturated rings. The number of carbonyl (C=O) groups is 1. The Balaban J connectivity index is 1.67. The number of anilines is 1. The SMILES string of the molecule is Nc1ccc(-c2ncn(CC(=O)N3CCOCC3)n2)cc1. The van der Waals surface area contributed by atoms with E-state index in [-0.39, 0.29) is 12.5 Å². The molecular formula is C14H17N5O2. The predicted molar refractivity (Wildman–Crippen MR) is 77.3 cm³/mol. The lowest BCUT2D eigenvalue weighted by Crippen LogP contribution is -2.42. The molecule has 3 rings (SSSR count). The van der Waals surface area contributed by atoms with E-state index in [0.717, 1.165) is 5.56 Å². The van der Waals surface area contributed by atoms with Crippen LogP contribution in [0.4, 0.5) is 5.69 Å². The van der Waals surface area contributed by atoms with Gasteiger partial charge in [-0.15, -0.1) is 0 Å². The predicted octanol–water partition coefficient (Wildman–Crippen LogP) is 0.386. The highest BCUT2D eigenvalue weighted by Crippen LogP contribution is 2.15. The Kier molecular flexibility index (Phi) is 3.83. The molecule has 0 spiro atoms. The van der Waals surface area contributed by atoms with E-state index in [4.69, 9.17) is 10.5 Å². The van der Waals surface area contributed by atoms with Crippen LogP contribution in [0.2, 0.25) is 0 Å². The van der Waals surface area contributed by atoms with Gasteiger partial charge in [-0.1, -0.05) is 0 Å². The minimum absolute atomic E-state index is 0.0343. The minimum Gasteiger partial charge on any atom is -0.399 e. The number of nitrogens with two attached hydrogens (primary N) is 1. The molecule has 7 heteroatoms. The Hall–Kier alpha value is -2.41. The van der Waals surface area contributed by atoms with Crippen LogP contribution in [-0.4, -0.2) is 51.9 Å². The molecule has 1 aromatic carbocycles. The van der Waals surface area contributed by atoms with E-state index < -0.39 is 0 Å². The average Bonchev–Trinajstić information content (AvgIpc) is 2.97. The molecule has 1 amide bonds. The molecule has 0 saturated carbocycles. The summed E-state index contributed by atoms with van der Waals surface area (Å²) in [5.41, 5.74) is 7.22. The van der Waals surface area contributed by atoms with Crippen molar-refractivity contribution < 1.29 is 9.53 Å². The molecule has 0 aliphatic carbocycles. The first-order valence-electron chi connectivity index (χ1n) is 6.83. The van der Waals surface area contributed by atoms with E-state index in [2.05, 4.69) is 10.1 Å². The Bertz CT molecular complexity index is 617. The maximum Gasteiger partial charge on any atom is 0.244 e. The van der Waals surface area contributed by atoms with Crippen molar-refractivity contribution in [3.05, 3.63) is 30.6 Å². The second-order valence-corrected chi connectivity index (χ2v) is 4.88. The third-order valence-corrected chi connectivity index (χ3v) is 3.37. The van der Waals surface area contributed by atoms with Gasteiger partial charge >= 0.3 is 0 Å². The number of ether oxygens (including phenoxy) is 1. The highest BCUT2D eigenvalue weighted by molar-refractivity contribution is 5.76. The summed E-state index contributed by atoms with van der Waals surface area (Å²) >= 11 is 0. The first-order valence-corrected chi connectivity index (χ1v) is 6.83. The molecule has 21 heavy (non-hydrogen) atoms. The summed E-state index contributed by atoms with van der Waals surface area (Å²) in [7, 11) is 0. The van der Waals surface area contributed by atoms with Gasteiger partial charge in [0.2, 0.25) is 5.91 Å². The van der Waals surface area contributed by atoms with Crippen molar-refractivity contribution in [3.63, 3.8) is 0 Å². The molecule has 0 atom stereocenters. The number of benzene rings is 1. The highest BCUT2D eigenvalue weighted by atomic mass is 16.5. The van der Waals surface area contributed by atoms with Gasteiger partial charge in [0.15, 0.2) is 5.82 Å². The van der Waals surface area contributed by atoms with Crippen LogP contribution in [0.1, 0.15) is 0 Å². The molecule has 0 radical (unpaired) electrons. The number of rotatable bonds is 3. The smallest absolute Gasteiger partial charge is 0.244 e. The Labute approximate surface area is 122 Å². The van der Waals surface area contributed by atoms with Gasteiger partial charge in [0.25, 0.3) is 0 Å². The summed E-state index contributed by atoms with van der Waals surface area (Å²) < 4.78 is 6.79. The molecule has 0 bridgehead atoms. The fraction of sp³-hybridized carbons (Fsp3) is 0.357. The van der Waals surface area contributed by atoms with Gasteiger partial charge in [-0.2, -0.15) is 5.10 Å². The van der Waals surface area contributed by atoms with Crippen molar-refractivity contribution in [1.29, 1.82) is 0 Å². The standard InChI is InChI=1S/C14H17N5O2/c15-12-3-1-11(2-4-12)14-16-10-19(17-14)9-13(20)18-5-7-21-8-6-18/h1-4,10H,5-9,15H2. The third-order valence-electron chi connectivity index (χ3n) is 3.37. The largest absolute Gasteiger partial charge is 0.399 e. The number of nitrogens with zero attached hydrogens (tertiary/aromatic N) is 4. The summed E-state index contributed by atoms with van der Waals surface area (Å²) in [6, 6.07) is 7.32. The Morgan fingerprint density at radius 3 is 2.67 bits per heavy atom. The number of hydrogen-bond donors (Lipinski definition) is 1. The summed E-state index contributed by atoms with van der Waals surface area (Å²) in [5.74, 6) is 0.622. The summed E-state index contributed by atoms with van der Waals surface area (Å²) in [6.07, 6.45) is 1.57. The van der Waals surface area contributed by atoms with Crippen molar-refractivity contribution in [2.24, 2.45) is 0 Å².